The van der Waals surface area contributed by atoms with Gasteiger partial charge in [0.1, 0.15) is 0 Å². The Labute approximate surface area is 144 Å². The first-order valence-corrected chi connectivity index (χ1v) is 8.60. The third kappa shape index (κ3) is 4.02. The van der Waals surface area contributed by atoms with Crippen molar-refractivity contribution in [3.05, 3.63) is 66.2 Å². The van der Waals surface area contributed by atoms with E-state index in [0.29, 0.717) is 12.3 Å². The summed E-state index contributed by atoms with van der Waals surface area (Å²) in [6.45, 7) is 0.646. The molecule has 3 aromatic rings. The fourth-order valence-corrected chi connectivity index (χ4v) is 3.20. The zero-order valence-electron chi connectivity index (χ0n) is 13.0. The Balaban J connectivity index is 1.91. The predicted octanol–water partition coefficient (Wildman–Crippen LogP) is 3.56. The summed E-state index contributed by atoms with van der Waals surface area (Å²) in [4.78, 5) is 10.7. The van der Waals surface area contributed by atoms with Gasteiger partial charge in [-0.3, -0.25) is 9.36 Å². The Kier molecular flexibility index (Phi) is 5.28. The number of carboxylic acid groups (broad SMARTS) is 1. The van der Waals surface area contributed by atoms with Gasteiger partial charge in [0.25, 0.3) is 0 Å². The monoisotopic (exact) mass is 339 g/mol. The summed E-state index contributed by atoms with van der Waals surface area (Å²) in [7, 11) is 0. The van der Waals surface area contributed by atoms with E-state index in [2.05, 4.69) is 22.3 Å². The molecule has 0 saturated heterocycles. The van der Waals surface area contributed by atoms with Gasteiger partial charge >= 0.3 is 5.97 Å². The van der Waals surface area contributed by atoms with Crippen LogP contribution in [0.1, 0.15) is 12.0 Å². The van der Waals surface area contributed by atoms with Crippen molar-refractivity contribution < 1.29 is 9.90 Å². The molecule has 0 aliphatic heterocycles. The molecular formula is C18H17N3O2S. The molecule has 3 rings (SSSR count). The summed E-state index contributed by atoms with van der Waals surface area (Å²) in [6.07, 6.45) is 0.101. The highest BCUT2D eigenvalue weighted by atomic mass is 32.2. The molecule has 24 heavy (non-hydrogen) atoms. The second-order valence-electron chi connectivity index (χ2n) is 5.24. The van der Waals surface area contributed by atoms with Crippen LogP contribution in [0.25, 0.3) is 11.4 Å². The largest absolute Gasteiger partial charge is 0.481 e. The molecule has 0 saturated carbocycles. The van der Waals surface area contributed by atoms with E-state index in [1.165, 1.54) is 11.8 Å². The highest BCUT2D eigenvalue weighted by Gasteiger charge is 2.15. The lowest BCUT2D eigenvalue weighted by atomic mass is 10.2. The maximum absolute atomic E-state index is 10.7. The van der Waals surface area contributed by atoms with Crippen LogP contribution in [0.15, 0.2) is 65.8 Å². The molecule has 1 N–H and O–H groups in total. The number of rotatable bonds is 7. The van der Waals surface area contributed by atoms with Crippen molar-refractivity contribution in [1.82, 2.24) is 14.8 Å². The van der Waals surface area contributed by atoms with Gasteiger partial charge < -0.3 is 5.11 Å². The topological polar surface area (TPSA) is 68.0 Å². The molecule has 0 atom stereocenters. The number of aromatic nitrogens is 3. The molecule has 5 nitrogen and oxygen atoms in total. The van der Waals surface area contributed by atoms with E-state index in [1.807, 2.05) is 53.1 Å². The van der Waals surface area contributed by atoms with Gasteiger partial charge in [0.05, 0.1) is 13.0 Å². The van der Waals surface area contributed by atoms with Gasteiger partial charge in [0.2, 0.25) is 0 Å². The minimum absolute atomic E-state index is 0.101. The van der Waals surface area contributed by atoms with Crippen LogP contribution in [0.4, 0.5) is 0 Å². The third-order valence-corrected chi connectivity index (χ3v) is 4.45. The first kappa shape index (κ1) is 16.3. The molecule has 0 amide bonds. The lowest BCUT2D eigenvalue weighted by molar-refractivity contribution is -0.136. The Morgan fingerprint density at radius 1 is 1.00 bits per heavy atom. The van der Waals surface area contributed by atoms with Crippen LogP contribution in [0.3, 0.4) is 0 Å². The van der Waals surface area contributed by atoms with E-state index in [9.17, 15) is 4.79 Å². The van der Waals surface area contributed by atoms with E-state index in [1.54, 1.807) is 0 Å². The van der Waals surface area contributed by atoms with Crippen LogP contribution < -0.4 is 0 Å². The summed E-state index contributed by atoms with van der Waals surface area (Å²) in [5.74, 6) is 0.453. The van der Waals surface area contributed by atoms with Crippen LogP contribution in [-0.4, -0.2) is 31.6 Å². The van der Waals surface area contributed by atoms with E-state index in [-0.39, 0.29) is 6.42 Å². The average molecular weight is 339 g/mol. The van der Waals surface area contributed by atoms with Crippen molar-refractivity contribution in [2.75, 3.05) is 5.75 Å². The molecule has 0 spiro atoms. The highest BCUT2D eigenvalue weighted by Crippen LogP contribution is 2.25. The van der Waals surface area contributed by atoms with Gasteiger partial charge in [0, 0.05) is 11.3 Å². The molecule has 2 aromatic carbocycles. The molecule has 6 heteroatoms. The van der Waals surface area contributed by atoms with Gasteiger partial charge in [-0.05, 0) is 5.56 Å². The fraction of sp³-hybridized carbons (Fsp3) is 0.167. The van der Waals surface area contributed by atoms with Crippen LogP contribution in [-0.2, 0) is 11.3 Å². The van der Waals surface area contributed by atoms with Crippen molar-refractivity contribution in [2.45, 2.75) is 18.1 Å². The number of aliphatic carboxylic acids is 1. The molecule has 0 aliphatic carbocycles. The van der Waals surface area contributed by atoms with Crippen LogP contribution in [0.2, 0.25) is 0 Å². The number of thioether (sulfide) groups is 1. The summed E-state index contributed by atoms with van der Waals surface area (Å²) < 4.78 is 2.04. The molecule has 1 aromatic heterocycles. The highest BCUT2D eigenvalue weighted by molar-refractivity contribution is 7.99. The number of hydrogen-bond acceptors (Lipinski definition) is 4. The number of carboxylic acids is 1. The summed E-state index contributed by atoms with van der Waals surface area (Å²) in [5, 5.41) is 18.2. The number of nitrogens with zero attached hydrogens (tertiary/aromatic N) is 3. The lowest BCUT2D eigenvalue weighted by Gasteiger charge is -2.10. The van der Waals surface area contributed by atoms with Gasteiger partial charge in [-0.1, -0.05) is 72.4 Å². The summed E-state index contributed by atoms with van der Waals surface area (Å²) >= 11 is 1.42. The molecule has 0 bridgehead atoms. The van der Waals surface area contributed by atoms with Crippen molar-refractivity contribution in [1.29, 1.82) is 0 Å². The average Bonchev–Trinajstić information content (AvgIpc) is 2.99. The zero-order chi connectivity index (χ0) is 16.8. The number of benzene rings is 2. The lowest BCUT2D eigenvalue weighted by Crippen LogP contribution is -2.05. The Bertz CT molecular complexity index is 804. The Hall–Kier alpha value is -2.60. The van der Waals surface area contributed by atoms with Crippen LogP contribution in [0, 0.1) is 0 Å². The zero-order valence-corrected chi connectivity index (χ0v) is 13.8. The van der Waals surface area contributed by atoms with Crippen LogP contribution >= 0.6 is 11.8 Å². The molecule has 0 unspecified atom stereocenters. The van der Waals surface area contributed by atoms with Gasteiger partial charge in [-0.2, -0.15) is 0 Å². The molecule has 122 valence electrons. The Morgan fingerprint density at radius 2 is 1.67 bits per heavy atom. The van der Waals surface area contributed by atoms with Crippen molar-refractivity contribution in [3.63, 3.8) is 0 Å². The maximum atomic E-state index is 10.7. The van der Waals surface area contributed by atoms with Crippen molar-refractivity contribution in [2.24, 2.45) is 0 Å². The third-order valence-electron chi connectivity index (χ3n) is 3.48. The molecule has 0 aliphatic rings. The summed E-state index contributed by atoms with van der Waals surface area (Å²) in [6, 6.07) is 20.0. The van der Waals surface area contributed by atoms with E-state index >= 15 is 0 Å². The molecular weight excluding hydrogens is 322 g/mol. The minimum atomic E-state index is -0.806. The molecule has 0 fully saturated rings. The first-order valence-electron chi connectivity index (χ1n) is 7.61. The van der Waals surface area contributed by atoms with Gasteiger partial charge in [-0.25, -0.2) is 0 Å². The van der Waals surface area contributed by atoms with Gasteiger partial charge in [-0.15, -0.1) is 10.2 Å². The SMILES string of the molecule is O=C(O)CCSc1nnc(-c2ccccc2)n1Cc1ccccc1. The van der Waals surface area contributed by atoms with Crippen molar-refractivity contribution >= 4 is 17.7 Å². The predicted molar refractivity (Wildman–Crippen MR) is 94.0 cm³/mol. The van der Waals surface area contributed by atoms with E-state index in [4.69, 9.17) is 5.11 Å². The normalized spacial score (nSPS) is 10.7. The van der Waals surface area contributed by atoms with E-state index in [0.717, 1.165) is 22.1 Å². The second kappa shape index (κ2) is 7.79. The van der Waals surface area contributed by atoms with Gasteiger partial charge in [0.15, 0.2) is 11.0 Å². The number of carbonyl (C=O) groups is 1. The first-order chi connectivity index (χ1) is 11.7. The summed E-state index contributed by atoms with van der Waals surface area (Å²) in [5.41, 5.74) is 2.14. The minimum Gasteiger partial charge on any atom is -0.481 e. The Morgan fingerprint density at radius 3 is 2.33 bits per heavy atom. The van der Waals surface area contributed by atoms with Crippen LogP contribution in [0.5, 0.6) is 0 Å². The van der Waals surface area contributed by atoms with Crippen molar-refractivity contribution in [3.8, 4) is 11.4 Å². The smallest absolute Gasteiger partial charge is 0.304 e. The number of hydrogen-bond donors (Lipinski definition) is 1. The quantitative estimate of drug-likeness (QED) is 0.667. The molecule has 1 heterocycles. The maximum Gasteiger partial charge on any atom is 0.304 e. The fourth-order valence-electron chi connectivity index (χ4n) is 2.33. The second-order valence-corrected chi connectivity index (χ2v) is 6.30. The van der Waals surface area contributed by atoms with E-state index < -0.39 is 5.97 Å². The standard InChI is InChI=1S/C18H17N3O2S/c22-16(23)11-12-24-18-20-19-17(15-9-5-2-6-10-15)21(18)13-14-7-3-1-4-8-14/h1-10H,11-13H2,(H,22,23). The molecule has 0 radical (unpaired) electrons.